The molecular weight excluding hydrogens is 450 g/mol. The highest BCUT2D eigenvalue weighted by atomic mass is 32.2. The van der Waals surface area contributed by atoms with Crippen molar-refractivity contribution < 1.29 is 17.2 Å². The molecule has 0 saturated carbocycles. The lowest BCUT2D eigenvalue weighted by atomic mass is 9.97. The average Bonchev–Trinajstić information content (AvgIpc) is 3.11. The van der Waals surface area contributed by atoms with Crippen LogP contribution in [0.3, 0.4) is 0 Å². The van der Waals surface area contributed by atoms with Crippen LogP contribution in [0.15, 0.2) is 39.1 Å². The molecule has 0 bridgehead atoms. The number of alkyl halides is 2. The van der Waals surface area contributed by atoms with Crippen LogP contribution in [0.1, 0.15) is 35.8 Å². The van der Waals surface area contributed by atoms with Gasteiger partial charge >= 0.3 is 5.76 Å². The second-order valence-corrected chi connectivity index (χ2v) is 11.0. The number of hydrogen-bond acceptors (Lipinski definition) is 6. The molecule has 30 heavy (non-hydrogen) atoms. The summed E-state index contributed by atoms with van der Waals surface area (Å²) in [5.74, 6) is -3.00. The summed E-state index contributed by atoms with van der Waals surface area (Å²) in [4.78, 5) is 19.5. The average molecular weight is 471 g/mol. The van der Waals surface area contributed by atoms with Gasteiger partial charge in [-0.15, -0.1) is 11.3 Å². The summed E-state index contributed by atoms with van der Waals surface area (Å²) < 4.78 is 50.1. The van der Waals surface area contributed by atoms with E-state index in [2.05, 4.69) is 0 Å². The van der Waals surface area contributed by atoms with Crippen LogP contribution in [0, 0.1) is 0 Å². The molecule has 2 aromatic heterocycles. The molecule has 0 amide bonds. The fourth-order valence-electron chi connectivity index (χ4n) is 3.63. The third-order valence-corrected chi connectivity index (χ3v) is 8.84. The van der Waals surface area contributed by atoms with Crippen molar-refractivity contribution in [1.82, 2.24) is 9.55 Å². The Morgan fingerprint density at radius 2 is 1.90 bits per heavy atom. The molecule has 160 valence electrons. The minimum Gasteiger partial charge on any atom is -0.287 e. The van der Waals surface area contributed by atoms with Crippen LogP contribution in [0.4, 0.5) is 8.78 Å². The van der Waals surface area contributed by atoms with Gasteiger partial charge in [-0.05, 0) is 55.9 Å². The molecule has 0 saturated heterocycles. The van der Waals surface area contributed by atoms with Gasteiger partial charge in [0.15, 0.2) is 5.16 Å². The lowest BCUT2D eigenvalue weighted by Crippen LogP contribution is -2.23. The SMILES string of the molecule is CCn1c(SCc2ccc(S(=O)(=O)C(F)F)cc2)nc2sc3c(c2c1=O)CCCC3. The maximum atomic E-state index is 13.1. The Morgan fingerprint density at radius 1 is 1.20 bits per heavy atom. The molecule has 1 aromatic carbocycles. The van der Waals surface area contributed by atoms with Gasteiger partial charge in [0, 0.05) is 17.2 Å². The number of thioether (sulfide) groups is 1. The summed E-state index contributed by atoms with van der Waals surface area (Å²) in [7, 11) is -4.60. The van der Waals surface area contributed by atoms with Crippen molar-refractivity contribution in [2.75, 3.05) is 0 Å². The van der Waals surface area contributed by atoms with E-state index in [1.165, 1.54) is 40.9 Å². The largest absolute Gasteiger partial charge is 0.341 e. The van der Waals surface area contributed by atoms with Crippen LogP contribution >= 0.6 is 23.1 Å². The molecule has 0 N–H and O–H groups in total. The maximum Gasteiger partial charge on any atom is 0.341 e. The van der Waals surface area contributed by atoms with Crippen LogP contribution in [-0.4, -0.2) is 23.7 Å². The van der Waals surface area contributed by atoms with E-state index in [0.29, 0.717) is 17.5 Å². The van der Waals surface area contributed by atoms with Gasteiger partial charge in [0.05, 0.1) is 10.3 Å². The van der Waals surface area contributed by atoms with Crippen LogP contribution in [0.25, 0.3) is 10.2 Å². The number of hydrogen-bond donors (Lipinski definition) is 0. The van der Waals surface area contributed by atoms with E-state index in [1.807, 2.05) is 6.92 Å². The molecule has 1 aliphatic rings. The Morgan fingerprint density at radius 3 is 2.57 bits per heavy atom. The van der Waals surface area contributed by atoms with Gasteiger partial charge in [0.25, 0.3) is 5.56 Å². The van der Waals surface area contributed by atoms with E-state index in [-0.39, 0.29) is 5.56 Å². The molecule has 0 unspecified atom stereocenters. The van der Waals surface area contributed by atoms with E-state index >= 15 is 0 Å². The monoisotopic (exact) mass is 470 g/mol. The lowest BCUT2D eigenvalue weighted by molar-refractivity contribution is 0.234. The van der Waals surface area contributed by atoms with Gasteiger partial charge in [0.2, 0.25) is 9.84 Å². The van der Waals surface area contributed by atoms with Crippen LogP contribution in [0.5, 0.6) is 0 Å². The minimum absolute atomic E-state index is 0.0113. The second-order valence-electron chi connectivity index (χ2n) is 7.07. The fourth-order valence-corrected chi connectivity index (χ4v) is 6.68. The number of aromatic nitrogens is 2. The van der Waals surface area contributed by atoms with Crippen LogP contribution in [-0.2, 0) is 35.0 Å². The van der Waals surface area contributed by atoms with Crippen molar-refractivity contribution in [3.63, 3.8) is 0 Å². The number of halogens is 2. The van der Waals surface area contributed by atoms with Gasteiger partial charge in [-0.1, -0.05) is 23.9 Å². The second kappa shape index (κ2) is 8.39. The molecule has 0 aliphatic heterocycles. The maximum absolute atomic E-state index is 13.1. The zero-order valence-corrected chi connectivity index (χ0v) is 18.7. The van der Waals surface area contributed by atoms with Crippen molar-refractivity contribution in [2.24, 2.45) is 0 Å². The number of thiophene rings is 1. The van der Waals surface area contributed by atoms with Crippen LogP contribution in [0.2, 0.25) is 0 Å². The van der Waals surface area contributed by atoms with Gasteiger partial charge < -0.3 is 0 Å². The summed E-state index contributed by atoms with van der Waals surface area (Å²) >= 11 is 2.98. The van der Waals surface area contributed by atoms with E-state index in [1.54, 1.807) is 15.9 Å². The van der Waals surface area contributed by atoms with Crippen molar-refractivity contribution in [3.05, 3.63) is 50.6 Å². The highest BCUT2D eigenvalue weighted by Gasteiger charge is 2.26. The van der Waals surface area contributed by atoms with Crippen LogP contribution < -0.4 is 5.56 Å². The first kappa shape index (κ1) is 21.5. The topological polar surface area (TPSA) is 69.0 Å². The predicted octanol–water partition coefficient (Wildman–Crippen LogP) is 4.65. The summed E-state index contributed by atoms with van der Waals surface area (Å²) in [5.41, 5.74) is 1.91. The summed E-state index contributed by atoms with van der Waals surface area (Å²) in [6.07, 6.45) is 4.16. The smallest absolute Gasteiger partial charge is 0.287 e. The molecule has 10 heteroatoms. The first-order chi connectivity index (χ1) is 14.3. The standard InChI is InChI=1S/C20H20F2N2O3S3/c1-2-24-18(25)16-14-5-3-4-6-15(14)29-17(16)23-20(24)28-11-12-7-9-13(10-8-12)30(26,27)19(21)22/h7-10,19H,2-6,11H2,1H3. The van der Waals surface area contributed by atoms with Crippen molar-refractivity contribution in [2.45, 2.75) is 60.7 Å². The number of sulfone groups is 1. The molecule has 0 radical (unpaired) electrons. The highest BCUT2D eigenvalue weighted by Crippen LogP contribution is 2.35. The quantitative estimate of drug-likeness (QED) is 0.388. The molecule has 4 rings (SSSR count). The number of aryl methyl sites for hydroxylation is 2. The van der Waals surface area contributed by atoms with Crippen molar-refractivity contribution in [3.8, 4) is 0 Å². The molecule has 1 aliphatic carbocycles. The fraction of sp³-hybridized carbons (Fsp3) is 0.400. The lowest BCUT2D eigenvalue weighted by Gasteiger charge is -2.12. The van der Waals surface area contributed by atoms with Crippen molar-refractivity contribution in [1.29, 1.82) is 0 Å². The Hall–Kier alpha value is -1.78. The Balaban J connectivity index is 1.62. The Labute approximate surface area is 181 Å². The number of benzene rings is 1. The van der Waals surface area contributed by atoms with Gasteiger partial charge in [-0.25, -0.2) is 13.4 Å². The molecule has 0 fully saturated rings. The summed E-state index contributed by atoms with van der Waals surface area (Å²) in [5, 5.41) is 1.36. The molecular formula is C20H20F2N2O3S3. The van der Waals surface area contributed by atoms with E-state index in [4.69, 9.17) is 4.98 Å². The van der Waals surface area contributed by atoms with Gasteiger partial charge in [-0.3, -0.25) is 9.36 Å². The number of nitrogens with zero attached hydrogens (tertiary/aromatic N) is 2. The molecule has 0 spiro atoms. The number of rotatable bonds is 6. The van der Waals surface area contributed by atoms with Crippen molar-refractivity contribution >= 4 is 43.2 Å². The third kappa shape index (κ3) is 3.80. The van der Waals surface area contributed by atoms with E-state index in [0.717, 1.165) is 47.0 Å². The molecule has 0 atom stereocenters. The first-order valence-corrected chi connectivity index (χ1v) is 13.0. The van der Waals surface area contributed by atoms with Gasteiger partial charge in [0.1, 0.15) is 4.83 Å². The normalized spacial score (nSPS) is 14.4. The zero-order valence-electron chi connectivity index (χ0n) is 16.2. The van der Waals surface area contributed by atoms with Gasteiger partial charge in [-0.2, -0.15) is 8.78 Å². The first-order valence-electron chi connectivity index (χ1n) is 9.61. The molecule has 2 heterocycles. The van der Waals surface area contributed by atoms with E-state index in [9.17, 15) is 22.0 Å². The Kier molecular flexibility index (Phi) is 6.00. The number of fused-ring (bicyclic) bond motifs is 3. The molecule has 5 nitrogen and oxygen atoms in total. The summed E-state index contributed by atoms with van der Waals surface area (Å²) in [6.45, 7) is 2.40. The third-order valence-electron chi connectivity index (χ3n) is 5.21. The predicted molar refractivity (Wildman–Crippen MR) is 115 cm³/mol. The minimum atomic E-state index is -4.60. The molecule has 3 aromatic rings. The van der Waals surface area contributed by atoms with E-state index < -0.39 is 20.5 Å². The Bertz CT molecular complexity index is 1250. The highest BCUT2D eigenvalue weighted by molar-refractivity contribution is 7.98. The zero-order chi connectivity index (χ0) is 21.5. The summed E-state index contributed by atoms with van der Waals surface area (Å²) in [6, 6.07) is 5.40.